The van der Waals surface area contributed by atoms with Crippen molar-refractivity contribution in [2.24, 2.45) is 5.92 Å². The third-order valence-electron chi connectivity index (χ3n) is 5.96. The molecule has 2 aromatic carbocycles. The van der Waals surface area contributed by atoms with Crippen molar-refractivity contribution < 1.29 is 19.1 Å². The lowest BCUT2D eigenvalue weighted by atomic mass is 10.0. The maximum atomic E-state index is 13.3. The summed E-state index contributed by atoms with van der Waals surface area (Å²) in [5.74, 6) is -0.330. The molecule has 0 aliphatic carbocycles. The molecule has 0 unspecified atom stereocenters. The molecule has 0 spiro atoms. The van der Waals surface area contributed by atoms with Gasteiger partial charge in [-0.3, -0.25) is 14.4 Å². The van der Waals surface area contributed by atoms with Crippen LogP contribution in [-0.4, -0.2) is 53.8 Å². The smallest absolute Gasteiger partial charge is 0.251 e. The third-order valence-corrected chi connectivity index (χ3v) is 5.96. The summed E-state index contributed by atoms with van der Waals surface area (Å²) < 4.78 is 5.50. The normalized spacial score (nSPS) is 20.0. The van der Waals surface area contributed by atoms with E-state index in [2.05, 4.69) is 5.32 Å². The highest BCUT2D eigenvalue weighted by Crippen LogP contribution is 2.28. The Hall–Kier alpha value is -2.29. The van der Waals surface area contributed by atoms with Crippen molar-refractivity contribution in [3.8, 4) is 11.1 Å². The molecule has 0 bridgehead atoms. The molecule has 0 aromatic heterocycles. The van der Waals surface area contributed by atoms with E-state index in [0.29, 0.717) is 24.9 Å². The molecule has 6 nitrogen and oxygen atoms in total. The van der Waals surface area contributed by atoms with Crippen molar-refractivity contribution >= 4 is 44.6 Å². The Labute approximate surface area is 209 Å². The number of rotatable bonds is 6. The van der Waals surface area contributed by atoms with Crippen molar-refractivity contribution in [1.29, 1.82) is 0 Å². The van der Waals surface area contributed by atoms with Crippen molar-refractivity contribution in [1.82, 2.24) is 10.2 Å². The second-order valence-corrected chi connectivity index (χ2v) is 8.68. The van der Waals surface area contributed by atoms with Crippen LogP contribution in [-0.2, 0) is 14.3 Å². The van der Waals surface area contributed by atoms with Gasteiger partial charge in [-0.2, -0.15) is 27.0 Å². The minimum atomic E-state index is -0.673. The molecule has 0 radical (unpaired) electrons. The van der Waals surface area contributed by atoms with E-state index in [1.165, 1.54) is 0 Å². The monoisotopic (exact) mass is 488 g/mol. The maximum Gasteiger partial charge on any atom is 0.251 e. The largest absolute Gasteiger partial charge is 0.368 e. The third kappa shape index (κ3) is 5.99. The Morgan fingerprint density at radius 1 is 1.03 bits per heavy atom. The van der Waals surface area contributed by atoms with Gasteiger partial charge in [0.1, 0.15) is 18.7 Å². The van der Waals surface area contributed by atoms with Crippen molar-refractivity contribution in [2.75, 3.05) is 13.2 Å². The molecule has 33 heavy (non-hydrogen) atoms. The van der Waals surface area contributed by atoms with Gasteiger partial charge in [-0.05, 0) is 42.0 Å². The SMILES string of the molecule is CC(C)C[C@H](NC(=O)c1ccc(-c2ccccc2)cc1)C(=O)N1CC[C@H]2OCC(=O)[C@H]21.S.S. The summed E-state index contributed by atoms with van der Waals surface area (Å²) in [6, 6.07) is 16.1. The number of hydrogen-bond acceptors (Lipinski definition) is 4. The molecule has 4 rings (SSSR count). The fourth-order valence-electron chi connectivity index (χ4n) is 4.42. The summed E-state index contributed by atoms with van der Waals surface area (Å²) in [6.45, 7) is 4.57. The highest BCUT2D eigenvalue weighted by Gasteiger charge is 2.48. The van der Waals surface area contributed by atoms with Gasteiger partial charge in [-0.15, -0.1) is 0 Å². The molecule has 2 aliphatic heterocycles. The number of benzene rings is 2. The first-order valence-corrected chi connectivity index (χ1v) is 10.8. The average molecular weight is 489 g/mol. The number of ketones is 1. The van der Waals surface area contributed by atoms with E-state index < -0.39 is 12.1 Å². The van der Waals surface area contributed by atoms with Crippen molar-refractivity contribution in [3.63, 3.8) is 0 Å². The zero-order valence-electron chi connectivity index (χ0n) is 18.9. The summed E-state index contributed by atoms with van der Waals surface area (Å²) in [5.41, 5.74) is 2.60. The number of Topliss-reactive ketones (excluding diaryl/α,β-unsaturated/α-hetero) is 1. The summed E-state index contributed by atoms with van der Waals surface area (Å²) in [4.78, 5) is 40.0. The lowest BCUT2D eigenvalue weighted by molar-refractivity contribution is -0.138. The number of nitrogens with one attached hydrogen (secondary N) is 1. The summed E-state index contributed by atoms with van der Waals surface area (Å²) in [7, 11) is 0. The highest BCUT2D eigenvalue weighted by atomic mass is 32.1. The van der Waals surface area contributed by atoms with Crippen LogP contribution in [0.2, 0.25) is 0 Å². The zero-order valence-corrected chi connectivity index (χ0v) is 20.9. The van der Waals surface area contributed by atoms with Gasteiger partial charge in [0.25, 0.3) is 5.91 Å². The van der Waals surface area contributed by atoms with Crippen LogP contribution in [0.3, 0.4) is 0 Å². The standard InChI is InChI=1S/C25H28N2O4.2H2S/c1-16(2)14-20(25(30)27-13-12-22-23(27)21(28)15-31-22)26-24(29)19-10-8-18(9-11-19)17-6-4-3-5-7-17;;/h3-11,16,20,22-23H,12-15H2,1-2H3,(H,26,29);2*1H2/t20-,22+,23+;;/m0../s1. The van der Waals surface area contributed by atoms with Gasteiger partial charge in [0, 0.05) is 12.1 Å². The molecule has 2 fully saturated rings. The van der Waals surface area contributed by atoms with E-state index >= 15 is 0 Å². The zero-order chi connectivity index (χ0) is 22.0. The van der Waals surface area contributed by atoms with Gasteiger partial charge in [-0.25, -0.2) is 0 Å². The Morgan fingerprint density at radius 3 is 2.30 bits per heavy atom. The molecule has 2 saturated heterocycles. The van der Waals surface area contributed by atoms with E-state index in [9.17, 15) is 14.4 Å². The molecular formula is C25H32N2O4S2. The average Bonchev–Trinajstić information content (AvgIpc) is 3.36. The Morgan fingerprint density at radius 2 is 1.67 bits per heavy atom. The molecule has 3 atom stereocenters. The van der Waals surface area contributed by atoms with E-state index in [0.717, 1.165) is 11.1 Å². The first-order chi connectivity index (χ1) is 14.9. The van der Waals surface area contributed by atoms with E-state index in [1.807, 2.05) is 56.3 Å². The van der Waals surface area contributed by atoms with Crippen LogP contribution in [0.1, 0.15) is 37.0 Å². The number of amides is 2. The predicted molar refractivity (Wildman–Crippen MR) is 138 cm³/mol. The van der Waals surface area contributed by atoms with Crippen LogP contribution in [0.25, 0.3) is 11.1 Å². The molecule has 178 valence electrons. The van der Waals surface area contributed by atoms with Crippen LogP contribution >= 0.6 is 27.0 Å². The van der Waals surface area contributed by atoms with Crippen LogP contribution in [0.4, 0.5) is 0 Å². The van der Waals surface area contributed by atoms with Crippen LogP contribution < -0.4 is 5.32 Å². The van der Waals surface area contributed by atoms with Gasteiger partial charge < -0.3 is 15.0 Å². The Balaban J connectivity index is 0.00000193. The fraction of sp³-hybridized carbons (Fsp3) is 0.400. The van der Waals surface area contributed by atoms with E-state index in [4.69, 9.17) is 4.74 Å². The molecule has 2 aliphatic rings. The summed E-state index contributed by atoms with van der Waals surface area (Å²) in [6.07, 6.45) is 0.957. The van der Waals surface area contributed by atoms with Crippen LogP contribution in [0.15, 0.2) is 54.6 Å². The predicted octanol–water partition coefficient (Wildman–Crippen LogP) is 3.29. The quantitative estimate of drug-likeness (QED) is 0.677. The van der Waals surface area contributed by atoms with Gasteiger partial charge in [0.05, 0.1) is 6.10 Å². The maximum absolute atomic E-state index is 13.3. The minimum absolute atomic E-state index is 0. The van der Waals surface area contributed by atoms with Crippen molar-refractivity contribution in [3.05, 3.63) is 60.2 Å². The van der Waals surface area contributed by atoms with Gasteiger partial charge in [-0.1, -0.05) is 56.3 Å². The lowest BCUT2D eigenvalue weighted by Gasteiger charge is -2.28. The lowest BCUT2D eigenvalue weighted by Crippen LogP contribution is -2.52. The van der Waals surface area contributed by atoms with Crippen molar-refractivity contribution in [2.45, 2.75) is 44.9 Å². The molecule has 8 heteroatoms. The highest BCUT2D eigenvalue weighted by molar-refractivity contribution is 7.59. The molecule has 2 heterocycles. The van der Waals surface area contributed by atoms with E-state index in [-0.39, 0.29) is 63.2 Å². The Kier molecular flexibility index (Phi) is 9.57. The molecule has 2 aromatic rings. The first-order valence-electron chi connectivity index (χ1n) is 10.8. The summed E-state index contributed by atoms with van der Waals surface area (Å²) in [5, 5.41) is 2.91. The first kappa shape index (κ1) is 27.0. The molecule has 2 amide bonds. The second-order valence-electron chi connectivity index (χ2n) is 8.68. The molecule has 0 saturated carbocycles. The number of fused-ring (bicyclic) bond motifs is 1. The minimum Gasteiger partial charge on any atom is -0.368 e. The molecular weight excluding hydrogens is 456 g/mol. The van der Waals surface area contributed by atoms with Gasteiger partial charge >= 0.3 is 0 Å². The topological polar surface area (TPSA) is 75.7 Å². The van der Waals surface area contributed by atoms with Crippen LogP contribution in [0, 0.1) is 5.92 Å². The number of hydrogen-bond donors (Lipinski definition) is 1. The fourth-order valence-corrected chi connectivity index (χ4v) is 4.42. The molecule has 1 N–H and O–H groups in total. The van der Waals surface area contributed by atoms with Gasteiger partial charge in [0.2, 0.25) is 5.91 Å². The van der Waals surface area contributed by atoms with Gasteiger partial charge in [0.15, 0.2) is 5.78 Å². The Bertz CT molecular complexity index is 966. The second kappa shape index (κ2) is 11.7. The number of ether oxygens (including phenoxy) is 1. The summed E-state index contributed by atoms with van der Waals surface area (Å²) >= 11 is 0. The number of carbonyl (C=O) groups excluding carboxylic acids is 3. The number of likely N-dealkylation sites (tertiary alicyclic amines) is 1. The van der Waals surface area contributed by atoms with E-state index in [1.54, 1.807) is 17.0 Å². The number of carbonyl (C=O) groups is 3. The van der Waals surface area contributed by atoms with Crippen LogP contribution in [0.5, 0.6) is 0 Å². The number of nitrogens with zero attached hydrogens (tertiary/aromatic N) is 1.